The van der Waals surface area contributed by atoms with Crippen LogP contribution < -0.4 is 0 Å². The van der Waals surface area contributed by atoms with Gasteiger partial charge in [0.1, 0.15) is 44.7 Å². The van der Waals surface area contributed by atoms with Crippen molar-refractivity contribution in [2.24, 2.45) is 0 Å². The number of hydrogen-bond donors (Lipinski definition) is 0. The Hall–Kier alpha value is -13.1. The van der Waals surface area contributed by atoms with Crippen molar-refractivity contribution >= 4 is 153 Å². The van der Waals surface area contributed by atoms with Gasteiger partial charge in [-0.25, -0.2) is 0 Å². The summed E-state index contributed by atoms with van der Waals surface area (Å²) >= 11 is 0. The molecule has 7 heterocycles. The molecule has 0 amide bonds. The normalized spacial score (nSPS) is 13.6. The summed E-state index contributed by atoms with van der Waals surface area (Å²) in [6.07, 6.45) is 0. The van der Waals surface area contributed by atoms with Crippen LogP contribution in [-0.4, -0.2) is 13.7 Å². The molecule has 103 heavy (non-hydrogen) atoms. The van der Waals surface area contributed by atoms with E-state index in [0.29, 0.717) is 0 Å². The van der Waals surface area contributed by atoms with Gasteiger partial charge < -0.3 is 31.4 Å². The maximum atomic E-state index is 6.46. The maximum Gasteiger partial charge on any atom is 0.145 e. The summed E-state index contributed by atoms with van der Waals surface area (Å²) in [6, 6.07) is 110. The lowest BCUT2D eigenvalue weighted by molar-refractivity contribution is 0.660. The minimum atomic E-state index is -0.000687. The Bertz CT molecular complexity index is 7390. The third-order valence-electron chi connectivity index (χ3n) is 22.8. The van der Waals surface area contributed by atoms with Crippen molar-refractivity contribution in [1.29, 1.82) is 0 Å². The van der Waals surface area contributed by atoms with Gasteiger partial charge in [0.25, 0.3) is 0 Å². The van der Waals surface area contributed by atoms with Gasteiger partial charge in [-0.3, -0.25) is 0 Å². The molecule has 0 N–H and O–H groups in total. The van der Waals surface area contributed by atoms with Gasteiger partial charge in [0, 0.05) is 98.6 Å². The molecule has 24 rings (SSSR count). The van der Waals surface area contributed by atoms with E-state index in [1.54, 1.807) is 0 Å². The lowest BCUT2D eigenvalue weighted by atomic mass is 9.82. The Labute approximate surface area is 590 Å². The highest BCUT2D eigenvalue weighted by Crippen LogP contribution is 2.53. The van der Waals surface area contributed by atoms with Crippen LogP contribution in [0.3, 0.4) is 0 Å². The van der Waals surface area contributed by atoms with Crippen LogP contribution in [0, 0.1) is 0 Å². The standard InChI is InChI=1S/2C33H23NO.C30H17NO2/c1-33(2)26-12-6-3-9-21(26)25-19-20(15-17-27(25)33)34-28-13-7-4-11-24(28)31-29(34)18-16-23-22-10-5-8-14-30(22)35-32(23)31;1-33(2)26-12-6-3-9-21(26)25-19-20(15-17-27(25)33)34-28-13-7-4-10-22(28)23-16-18-30-31(32(23)34)24-11-5-8-14-29(24)35-30;1-4-10-25-19(7-1)22-16-24-21-9-3-6-12-28(21)33-30(24)17-26(22)31(25)18-13-14-29-23(15-18)20-8-2-5-11-27(20)32-29/h2*3-19H,1-2H3;1-17H. The van der Waals surface area contributed by atoms with Gasteiger partial charge in [0.05, 0.1) is 43.9 Å². The fourth-order valence-electron chi connectivity index (χ4n) is 18.1. The maximum absolute atomic E-state index is 6.46. The topological polar surface area (TPSA) is 67.3 Å². The molecule has 7 aromatic heterocycles. The Morgan fingerprint density at radius 2 is 0.621 bits per heavy atom. The first kappa shape index (κ1) is 57.8. The highest BCUT2D eigenvalue weighted by atomic mass is 16.3. The second kappa shape index (κ2) is 21.2. The van der Waals surface area contributed by atoms with Crippen LogP contribution in [0.5, 0.6) is 0 Å². The summed E-state index contributed by atoms with van der Waals surface area (Å²) in [5.74, 6) is 0. The van der Waals surface area contributed by atoms with Crippen molar-refractivity contribution in [3.05, 3.63) is 332 Å². The van der Waals surface area contributed by atoms with Crippen molar-refractivity contribution in [2.75, 3.05) is 0 Å². The van der Waals surface area contributed by atoms with Crippen LogP contribution in [0.4, 0.5) is 0 Å². The van der Waals surface area contributed by atoms with E-state index in [1.165, 1.54) is 127 Å². The molecule has 0 unspecified atom stereocenters. The molecule has 7 heteroatoms. The van der Waals surface area contributed by atoms with Gasteiger partial charge >= 0.3 is 0 Å². The Balaban J connectivity index is 0.0000000974. The van der Waals surface area contributed by atoms with Gasteiger partial charge in [-0.15, -0.1) is 0 Å². The van der Waals surface area contributed by atoms with Crippen molar-refractivity contribution in [3.8, 4) is 39.3 Å². The van der Waals surface area contributed by atoms with E-state index in [4.69, 9.17) is 17.7 Å². The summed E-state index contributed by atoms with van der Waals surface area (Å²) in [5.41, 5.74) is 28.9. The number of hydrogen-bond acceptors (Lipinski definition) is 4. The minimum absolute atomic E-state index is 0.000687. The number of benzene rings is 15. The van der Waals surface area contributed by atoms with E-state index in [1.807, 2.05) is 36.4 Å². The van der Waals surface area contributed by atoms with Gasteiger partial charge in [0.2, 0.25) is 0 Å². The summed E-state index contributed by atoms with van der Waals surface area (Å²) in [6.45, 7) is 9.32. The van der Waals surface area contributed by atoms with Crippen LogP contribution >= 0.6 is 0 Å². The predicted molar refractivity (Wildman–Crippen MR) is 427 cm³/mol. The molecular weight excluding hydrogens is 1260 g/mol. The summed E-state index contributed by atoms with van der Waals surface area (Å²) < 4.78 is 32.2. The van der Waals surface area contributed by atoms with E-state index >= 15 is 0 Å². The highest BCUT2D eigenvalue weighted by Gasteiger charge is 2.37. The van der Waals surface area contributed by atoms with E-state index in [9.17, 15) is 0 Å². The molecule has 0 radical (unpaired) electrons. The fraction of sp³-hybridized carbons (Fsp3) is 0.0625. The molecule has 0 saturated heterocycles. The third-order valence-corrected chi connectivity index (χ3v) is 22.8. The largest absolute Gasteiger partial charge is 0.456 e. The lowest BCUT2D eigenvalue weighted by Crippen LogP contribution is -2.14. The molecule has 486 valence electrons. The molecule has 0 aliphatic heterocycles. The van der Waals surface area contributed by atoms with Crippen molar-refractivity contribution in [1.82, 2.24) is 13.7 Å². The Morgan fingerprint density at radius 3 is 1.26 bits per heavy atom. The van der Waals surface area contributed by atoms with Crippen LogP contribution in [0.15, 0.2) is 327 Å². The number of fused-ring (bicyclic) bond motifs is 29. The van der Waals surface area contributed by atoms with E-state index in [-0.39, 0.29) is 10.8 Å². The number of rotatable bonds is 3. The Kier molecular flexibility index (Phi) is 11.9. The molecule has 2 aliphatic rings. The van der Waals surface area contributed by atoms with Gasteiger partial charge in [-0.2, -0.15) is 0 Å². The number of aromatic nitrogens is 3. The summed E-state index contributed by atoms with van der Waals surface area (Å²) in [5, 5.41) is 16.6. The lowest BCUT2D eigenvalue weighted by Gasteiger charge is -2.21. The number of nitrogens with zero attached hydrogens (tertiary/aromatic N) is 3. The predicted octanol–water partition coefficient (Wildman–Crippen LogP) is 26.6. The zero-order valence-corrected chi connectivity index (χ0v) is 56.9. The summed E-state index contributed by atoms with van der Waals surface area (Å²) in [7, 11) is 0. The van der Waals surface area contributed by atoms with E-state index in [0.717, 1.165) is 88.2 Å². The van der Waals surface area contributed by atoms with Crippen molar-refractivity contribution in [2.45, 2.75) is 38.5 Å². The van der Waals surface area contributed by atoms with Gasteiger partial charge in [-0.05, 0) is 160 Å². The second-order valence-electron chi connectivity index (χ2n) is 29.0. The van der Waals surface area contributed by atoms with Crippen LogP contribution in [0.2, 0.25) is 0 Å². The smallest absolute Gasteiger partial charge is 0.145 e. The van der Waals surface area contributed by atoms with Gasteiger partial charge in [-0.1, -0.05) is 216 Å². The molecule has 0 bridgehead atoms. The van der Waals surface area contributed by atoms with E-state index in [2.05, 4.69) is 314 Å². The zero-order chi connectivity index (χ0) is 68.1. The molecule has 0 atom stereocenters. The minimum Gasteiger partial charge on any atom is -0.456 e. The third kappa shape index (κ3) is 8.16. The molecule has 2 aliphatic carbocycles. The molecule has 0 saturated carbocycles. The highest BCUT2D eigenvalue weighted by molar-refractivity contribution is 6.26. The van der Waals surface area contributed by atoms with Crippen LogP contribution in [0.1, 0.15) is 49.9 Å². The fourth-order valence-corrected chi connectivity index (χ4v) is 18.1. The number of para-hydroxylation sites is 7. The van der Waals surface area contributed by atoms with Crippen molar-refractivity contribution in [3.63, 3.8) is 0 Å². The molecule has 22 aromatic rings. The first-order chi connectivity index (χ1) is 50.6. The Morgan fingerprint density at radius 1 is 0.214 bits per heavy atom. The molecule has 0 fully saturated rings. The van der Waals surface area contributed by atoms with E-state index < -0.39 is 0 Å². The summed E-state index contributed by atoms with van der Waals surface area (Å²) in [4.78, 5) is 0. The quantitative estimate of drug-likeness (QED) is 0.177. The molecule has 0 spiro atoms. The first-order valence-electron chi connectivity index (χ1n) is 35.5. The average molecular weight is 1320 g/mol. The average Bonchev–Trinajstić information content (AvgIpc) is 1.56. The van der Waals surface area contributed by atoms with Gasteiger partial charge in [0.15, 0.2) is 0 Å². The van der Waals surface area contributed by atoms with Crippen LogP contribution in [-0.2, 0) is 10.8 Å². The molecule has 15 aromatic carbocycles. The number of furan rings is 4. The first-order valence-corrected chi connectivity index (χ1v) is 35.5. The monoisotopic (exact) mass is 1320 g/mol. The molecule has 7 nitrogen and oxygen atoms in total. The SMILES string of the molecule is CC1(C)c2ccccc2-c2cc(-n3c4ccccc4c4c5oc6ccccc6c5ccc43)ccc21.CC1(C)c2ccccc2-c2cc(-n3c4ccccc4c4ccc5oc6ccccc6c5c43)ccc21.c1ccc2c(c1)oc1ccc(-n3c4ccccc4c4cc5c(cc43)oc3ccccc35)cc12. The van der Waals surface area contributed by atoms with Crippen molar-refractivity contribution < 1.29 is 17.7 Å². The molecular formula is C96H63N3O4. The van der Waals surface area contributed by atoms with Crippen LogP contribution in [0.25, 0.3) is 192 Å². The zero-order valence-electron chi connectivity index (χ0n) is 56.9. The second-order valence-corrected chi connectivity index (χ2v) is 29.0.